The number of hydrogen-bond donors (Lipinski definition) is 1. The number of rotatable bonds is 9. The Morgan fingerprint density at radius 2 is 1.72 bits per heavy atom. The van der Waals surface area contributed by atoms with Gasteiger partial charge >= 0.3 is 0 Å². The molecular weight excluding hydrogens is 537 g/mol. The summed E-state index contributed by atoms with van der Waals surface area (Å²) in [6, 6.07) is 29.4. The normalized spacial score (nSPS) is 15.5. The topological polar surface area (TPSA) is 44.8 Å². The molecule has 1 fully saturated rings. The first kappa shape index (κ1) is 28.9. The third kappa shape index (κ3) is 6.75. The van der Waals surface area contributed by atoms with Crippen LogP contribution in [0.2, 0.25) is 0 Å². The molecule has 222 valence electrons. The number of para-hydroxylation sites is 1. The summed E-state index contributed by atoms with van der Waals surface area (Å²) in [5.74, 6) is 1.31. The summed E-state index contributed by atoms with van der Waals surface area (Å²) in [5.41, 5.74) is 6.76. The molecule has 6 rings (SSSR count). The number of carbonyl (C=O) groups excluding carboxylic acids is 1. The summed E-state index contributed by atoms with van der Waals surface area (Å²) in [6.07, 6.45) is 3.17. The molecule has 2 heterocycles. The van der Waals surface area contributed by atoms with Gasteiger partial charge in [0.2, 0.25) is 0 Å². The van der Waals surface area contributed by atoms with Crippen LogP contribution in [0.5, 0.6) is 5.75 Å². The number of piperidine rings is 1. The van der Waals surface area contributed by atoms with E-state index in [1.165, 1.54) is 11.6 Å². The number of fused-ring (bicyclic) bond motifs is 1. The number of hydrogen-bond acceptors (Lipinski definition) is 4. The second-order valence-electron chi connectivity index (χ2n) is 12.0. The summed E-state index contributed by atoms with van der Waals surface area (Å²) >= 11 is 0. The van der Waals surface area contributed by atoms with Crippen LogP contribution < -0.4 is 15.0 Å². The predicted molar refractivity (Wildman–Crippen MR) is 171 cm³/mol. The van der Waals surface area contributed by atoms with E-state index in [1.54, 1.807) is 12.1 Å². The molecule has 4 aromatic rings. The van der Waals surface area contributed by atoms with Crippen LogP contribution in [0.3, 0.4) is 0 Å². The number of carbonyl (C=O) groups is 1. The molecular formula is C37H40FN3O2. The van der Waals surface area contributed by atoms with Crippen LogP contribution in [-0.2, 0) is 19.5 Å². The number of likely N-dealkylation sites (tertiary alicyclic amines) is 1. The van der Waals surface area contributed by atoms with Crippen LogP contribution in [0.25, 0.3) is 0 Å². The minimum Gasteiger partial charge on any atom is -0.491 e. The number of anilines is 2. The zero-order valence-corrected chi connectivity index (χ0v) is 25.1. The molecule has 0 atom stereocenters. The highest BCUT2D eigenvalue weighted by molar-refractivity contribution is 6.07. The summed E-state index contributed by atoms with van der Waals surface area (Å²) in [5, 5.41) is 3.32. The largest absolute Gasteiger partial charge is 0.491 e. The second-order valence-corrected chi connectivity index (χ2v) is 12.0. The third-order valence-electron chi connectivity index (χ3n) is 8.56. The first-order valence-electron chi connectivity index (χ1n) is 15.4. The van der Waals surface area contributed by atoms with Crippen molar-refractivity contribution < 1.29 is 13.9 Å². The van der Waals surface area contributed by atoms with Gasteiger partial charge in [0.25, 0.3) is 5.91 Å². The first-order valence-corrected chi connectivity index (χ1v) is 15.4. The van der Waals surface area contributed by atoms with Gasteiger partial charge in [-0.2, -0.15) is 0 Å². The molecule has 0 aliphatic carbocycles. The molecule has 6 heteroatoms. The fraction of sp³-hybridized carbons (Fsp3) is 0.324. The highest BCUT2D eigenvalue weighted by Gasteiger charge is 2.27. The molecule has 1 amide bonds. The van der Waals surface area contributed by atoms with E-state index in [-0.39, 0.29) is 17.8 Å². The van der Waals surface area contributed by atoms with E-state index in [2.05, 4.69) is 66.5 Å². The van der Waals surface area contributed by atoms with Crippen molar-refractivity contribution >= 4 is 17.3 Å². The van der Waals surface area contributed by atoms with Crippen molar-refractivity contribution in [3.8, 4) is 5.75 Å². The Labute approximate surface area is 254 Å². The Morgan fingerprint density at radius 1 is 0.930 bits per heavy atom. The molecule has 0 spiro atoms. The molecule has 5 nitrogen and oxygen atoms in total. The lowest BCUT2D eigenvalue weighted by atomic mass is 9.88. The van der Waals surface area contributed by atoms with Crippen molar-refractivity contribution in [1.29, 1.82) is 0 Å². The monoisotopic (exact) mass is 577 g/mol. The fourth-order valence-corrected chi connectivity index (χ4v) is 6.34. The SMILES string of the molecule is CC(C)Oc1ccccc1C1CCN(Cc2cccc(C(=O)N3CCc4ccc(NCc5ccccc5F)cc43)c2)CC1. The minimum absolute atomic E-state index is 0.0207. The smallest absolute Gasteiger partial charge is 0.258 e. The van der Waals surface area contributed by atoms with Crippen molar-refractivity contribution in [1.82, 2.24) is 4.90 Å². The average Bonchev–Trinajstić information content (AvgIpc) is 3.44. The third-order valence-corrected chi connectivity index (χ3v) is 8.56. The quantitative estimate of drug-likeness (QED) is 0.220. The van der Waals surface area contributed by atoms with Crippen LogP contribution in [0, 0.1) is 5.82 Å². The molecule has 0 bridgehead atoms. The van der Waals surface area contributed by atoms with Gasteiger partial charge in [0.15, 0.2) is 0 Å². The predicted octanol–water partition coefficient (Wildman–Crippen LogP) is 7.81. The van der Waals surface area contributed by atoms with E-state index in [4.69, 9.17) is 4.74 Å². The maximum atomic E-state index is 14.1. The van der Waals surface area contributed by atoms with Crippen molar-refractivity contribution in [3.05, 3.63) is 125 Å². The van der Waals surface area contributed by atoms with E-state index in [0.717, 1.165) is 67.1 Å². The molecule has 43 heavy (non-hydrogen) atoms. The molecule has 1 saturated heterocycles. The molecule has 0 radical (unpaired) electrons. The number of ether oxygens (including phenoxy) is 1. The summed E-state index contributed by atoms with van der Waals surface area (Å²) in [7, 11) is 0. The average molecular weight is 578 g/mol. The Bertz CT molecular complexity index is 1580. The van der Waals surface area contributed by atoms with Crippen LogP contribution >= 0.6 is 0 Å². The van der Waals surface area contributed by atoms with Crippen molar-refractivity contribution in [2.24, 2.45) is 0 Å². The Morgan fingerprint density at radius 3 is 2.53 bits per heavy atom. The Balaban J connectivity index is 1.08. The Kier molecular flexibility index (Phi) is 8.75. The van der Waals surface area contributed by atoms with Gasteiger partial charge in [-0.3, -0.25) is 9.69 Å². The zero-order valence-electron chi connectivity index (χ0n) is 25.1. The van der Waals surface area contributed by atoms with Gasteiger partial charge in [0, 0.05) is 42.1 Å². The van der Waals surface area contributed by atoms with E-state index in [9.17, 15) is 9.18 Å². The maximum absolute atomic E-state index is 14.1. The molecule has 2 aliphatic rings. The lowest BCUT2D eigenvalue weighted by Crippen LogP contribution is -2.33. The van der Waals surface area contributed by atoms with E-state index >= 15 is 0 Å². The van der Waals surface area contributed by atoms with E-state index < -0.39 is 0 Å². The van der Waals surface area contributed by atoms with Gasteiger partial charge in [-0.05, 0) is 105 Å². The van der Waals surface area contributed by atoms with E-state index in [0.29, 0.717) is 30.1 Å². The zero-order chi connectivity index (χ0) is 29.8. The highest BCUT2D eigenvalue weighted by Crippen LogP contribution is 2.35. The minimum atomic E-state index is -0.223. The fourth-order valence-electron chi connectivity index (χ4n) is 6.34. The van der Waals surface area contributed by atoms with Crippen molar-refractivity contribution in [2.45, 2.75) is 58.2 Å². The van der Waals surface area contributed by atoms with Gasteiger partial charge in [-0.1, -0.05) is 54.6 Å². The molecule has 4 aromatic carbocycles. The second kappa shape index (κ2) is 13.0. The highest BCUT2D eigenvalue weighted by atomic mass is 19.1. The molecule has 0 saturated carbocycles. The lowest BCUT2D eigenvalue weighted by Gasteiger charge is -2.33. The standard InChI is InChI=1S/C37H40FN3O2/c1-26(2)43-36-13-6-4-11-33(36)28-16-19-40(20-17-28)25-27-8-7-10-30(22-27)37(42)41-21-18-29-14-15-32(23-35(29)41)39-24-31-9-3-5-12-34(31)38/h3-15,22-23,26,28,39H,16-21,24-25H2,1-2H3. The first-order chi connectivity index (χ1) is 20.9. The maximum Gasteiger partial charge on any atom is 0.258 e. The van der Waals surface area contributed by atoms with E-state index in [1.807, 2.05) is 35.2 Å². The van der Waals surface area contributed by atoms with Gasteiger partial charge in [0.05, 0.1) is 6.10 Å². The van der Waals surface area contributed by atoms with Gasteiger partial charge in [-0.15, -0.1) is 0 Å². The molecule has 1 N–H and O–H groups in total. The number of nitrogens with zero attached hydrogens (tertiary/aromatic N) is 2. The number of benzene rings is 4. The number of halogens is 1. The lowest BCUT2D eigenvalue weighted by molar-refractivity contribution is 0.0989. The molecule has 0 unspecified atom stereocenters. The van der Waals surface area contributed by atoms with Crippen LogP contribution in [0.1, 0.15) is 65.2 Å². The van der Waals surface area contributed by atoms with Gasteiger partial charge in [-0.25, -0.2) is 4.39 Å². The Hall–Kier alpha value is -4.16. The van der Waals surface area contributed by atoms with Crippen molar-refractivity contribution in [3.63, 3.8) is 0 Å². The molecule has 0 aromatic heterocycles. The summed E-state index contributed by atoms with van der Waals surface area (Å²) < 4.78 is 20.2. The molecule has 2 aliphatic heterocycles. The summed E-state index contributed by atoms with van der Waals surface area (Å²) in [6.45, 7) is 8.06. The number of amides is 1. The van der Waals surface area contributed by atoms with Crippen LogP contribution in [0.4, 0.5) is 15.8 Å². The van der Waals surface area contributed by atoms with Gasteiger partial charge < -0.3 is 15.0 Å². The van der Waals surface area contributed by atoms with Crippen LogP contribution in [0.15, 0.2) is 91.0 Å². The summed E-state index contributed by atoms with van der Waals surface area (Å²) in [4.78, 5) is 18.1. The number of nitrogens with one attached hydrogen (secondary N) is 1. The van der Waals surface area contributed by atoms with Crippen LogP contribution in [-0.4, -0.2) is 36.5 Å². The van der Waals surface area contributed by atoms with Gasteiger partial charge in [0.1, 0.15) is 11.6 Å². The van der Waals surface area contributed by atoms with Crippen molar-refractivity contribution in [2.75, 3.05) is 29.9 Å².